The van der Waals surface area contributed by atoms with Crippen LogP contribution >= 0.6 is 0 Å². The van der Waals surface area contributed by atoms with Crippen LogP contribution in [0.25, 0.3) is 0 Å². The summed E-state index contributed by atoms with van der Waals surface area (Å²) in [6.07, 6.45) is 2.09. The summed E-state index contributed by atoms with van der Waals surface area (Å²) < 4.78 is 0. The molecule has 0 aromatic carbocycles. The number of nitrogens with zero attached hydrogens (tertiary/aromatic N) is 1. The van der Waals surface area contributed by atoms with Gasteiger partial charge in [-0.15, -0.1) is 0 Å². The van der Waals surface area contributed by atoms with Crippen LogP contribution in [0.15, 0.2) is 0 Å². The van der Waals surface area contributed by atoms with Crippen LogP contribution in [0.1, 0.15) is 13.3 Å². The minimum Gasteiger partial charge on any atom is -0.300 e. The van der Waals surface area contributed by atoms with E-state index in [-0.39, 0.29) is 0 Å². The fourth-order valence-corrected chi connectivity index (χ4v) is 1.16. The molecule has 1 N–H and O–H groups in total. The van der Waals surface area contributed by atoms with Crippen molar-refractivity contribution in [3.63, 3.8) is 0 Å². The highest BCUT2D eigenvalue weighted by Gasteiger charge is 2.30. The molecule has 0 aromatic heterocycles. The van der Waals surface area contributed by atoms with Crippen LogP contribution in [-0.4, -0.2) is 37.0 Å². The van der Waals surface area contributed by atoms with Gasteiger partial charge in [0.2, 0.25) is 0 Å². The molecule has 0 aliphatic carbocycles. The van der Waals surface area contributed by atoms with Crippen LogP contribution in [-0.2, 0) is 4.79 Å². The van der Waals surface area contributed by atoms with Crippen molar-refractivity contribution in [3.8, 4) is 0 Å². The van der Waals surface area contributed by atoms with E-state index in [1.165, 1.54) is 0 Å². The third-order valence-electron chi connectivity index (χ3n) is 2.18. The summed E-state index contributed by atoms with van der Waals surface area (Å²) in [5.74, 6) is 0. The maximum atomic E-state index is 10.6. The van der Waals surface area contributed by atoms with E-state index in [2.05, 4.69) is 5.32 Å². The van der Waals surface area contributed by atoms with Gasteiger partial charge in [0.25, 0.3) is 0 Å². The molecule has 1 rings (SSSR count). The Bertz CT molecular complexity index is 138. The van der Waals surface area contributed by atoms with E-state index in [9.17, 15) is 4.79 Å². The van der Waals surface area contributed by atoms with Crippen molar-refractivity contribution in [2.45, 2.75) is 19.0 Å². The first-order chi connectivity index (χ1) is 4.69. The number of rotatable bonds is 1. The molecule has 58 valence electrons. The van der Waals surface area contributed by atoms with Crippen molar-refractivity contribution >= 4 is 6.29 Å². The zero-order valence-corrected chi connectivity index (χ0v) is 6.55. The van der Waals surface area contributed by atoms with E-state index in [0.717, 1.165) is 25.8 Å². The Morgan fingerprint density at radius 1 is 1.70 bits per heavy atom. The molecule has 1 fully saturated rings. The molecular weight excluding hydrogens is 128 g/mol. The van der Waals surface area contributed by atoms with Crippen molar-refractivity contribution in [3.05, 3.63) is 0 Å². The van der Waals surface area contributed by atoms with Gasteiger partial charge in [0.15, 0.2) is 6.29 Å². The minimum absolute atomic E-state index is 0.418. The van der Waals surface area contributed by atoms with Gasteiger partial charge in [0, 0.05) is 6.54 Å². The van der Waals surface area contributed by atoms with Crippen LogP contribution in [0.5, 0.6) is 0 Å². The maximum Gasteiger partial charge on any atom is 0.154 e. The Hall–Kier alpha value is -0.410. The fraction of sp³-hybridized carbons (Fsp3) is 0.857. The zero-order chi connectivity index (χ0) is 7.61. The summed E-state index contributed by atoms with van der Waals surface area (Å²) in [5, 5.41) is 3.15. The summed E-state index contributed by atoms with van der Waals surface area (Å²) >= 11 is 0. The predicted molar refractivity (Wildman–Crippen MR) is 39.7 cm³/mol. The van der Waals surface area contributed by atoms with Crippen LogP contribution in [0, 0.1) is 0 Å². The molecule has 3 nitrogen and oxygen atoms in total. The molecule has 3 heteroatoms. The van der Waals surface area contributed by atoms with E-state index in [1.807, 2.05) is 18.9 Å². The van der Waals surface area contributed by atoms with Gasteiger partial charge in [-0.1, -0.05) is 0 Å². The largest absolute Gasteiger partial charge is 0.300 e. The number of hydrogen-bond acceptors (Lipinski definition) is 3. The van der Waals surface area contributed by atoms with Crippen molar-refractivity contribution in [1.82, 2.24) is 10.2 Å². The van der Waals surface area contributed by atoms with Crippen LogP contribution in [0.4, 0.5) is 0 Å². The number of carbonyl (C=O) groups is 1. The van der Waals surface area contributed by atoms with Crippen LogP contribution < -0.4 is 5.32 Å². The molecule has 1 saturated heterocycles. The number of likely N-dealkylation sites (N-methyl/N-ethyl adjacent to an activating group) is 1. The minimum atomic E-state index is -0.418. The van der Waals surface area contributed by atoms with Crippen molar-refractivity contribution in [2.75, 3.05) is 20.1 Å². The van der Waals surface area contributed by atoms with Crippen molar-refractivity contribution < 1.29 is 4.79 Å². The maximum absolute atomic E-state index is 10.6. The van der Waals surface area contributed by atoms with Crippen LogP contribution in [0.2, 0.25) is 0 Å². The highest BCUT2D eigenvalue weighted by molar-refractivity contribution is 5.62. The van der Waals surface area contributed by atoms with Gasteiger partial charge in [0.1, 0.15) is 5.66 Å². The first-order valence-electron chi connectivity index (χ1n) is 3.61. The van der Waals surface area contributed by atoms with E-state index in [1.54, 1.807) is 0 Å². The molecular formula is C7H14N2O. The molecule has 0 amide bonds. The monoisotopic (exact) mass is 142 g/mol. The Morgan fingerprint density at radius 2 is 2.40 bits per heavy atom. The lowest BCUT2D eigenvalue weighted by atomic mass is 10.1. The van der Waals surface area contributed by atoms with Gasteiger partial charge in [-0.05, 0) is 26.9 Å². The second kappa shape index (κ2) is 2.68. The second-order valence-corrected chi connectivity index (χ2v) is 2.97. The van der Waals surface area contributed by atoms with Crippen molar-refractivity contribution in [1.29, 1.82) is 0 Å². The second-order valence-electron chi connectivity index (χ2n) is 2.97. The summed E-state index contributed by atoms with van der Waals surface area (Å²) in [4.78, 5) is 12.6. The van der Waals surface area contributed by atoms with E-state index >= 15 is 0 Å². The Labute approximate surface area is 61.4 Å². The summed E-state index contributed by atoms with van der Waals surface area (Å²) in [5.41, 5.74) is -0.418. The topological polar surface area (TPSA) is 32.3 Å². The summed E-state index contributed by atoms with van der Waals surface area (Å²) in [6.45, 7) is 3.85. The molecule has 1 aliphatic rings. The first kappa shape index (κ1) is 7.69. The number of carbonyl (C=O) groups excluding carboxylic acids is 1. The lowest BCUT2D eigenvalue weighted by Crippen LogP contribution is -2.60. The SMILES string of the molecule is CN1CCCNC1(C)C=O. The smallest absolute Gasteiger partial charge is 0.154 e. The molecule has 0 bridgehead atoms. The average molecular weight is 142 g/mol. The highest BCUT2D eigenvalue weighted by Crippen LogP contribution is 2.10. The van der Waals surface area contributed by atoms with Crippen molar-refractivity contribution in [2.24, 2.45) is 0 Å². The number of hydrogen-bond donors (Lipinski definition) is 1. The molecule has 1 atom stereocenters. The van der Waals surface area contributed by atoms with E-state index < -0.39 is 5.66 Å². The van der Waals surface area contributed by atoms with Gasteiger partial charge >= 0.3 is 0 Å². The van der Waals surface area contributed by atoms with Gasteiger partial charge in [-0.25, -0.2) is 0 Å². The van der Waals surface area contributed by atoms with Gasteiger partial charge < -0.3 is 0 Å². The van der Waals surface area contributed by atoms with E-state index in [0.29, 0.717) is 0 Å². The molecule has 1 unspecified atom stereocenters. The quantitative estimate of drug-likeness (QED) is 0.516. The normalized spacial score (nSPS) is 35.8. The molecule has 1 aliphatic heterocycles. The lowest BCUT2D eigenvalue weighted by Gasteiger charge is -2.39. The molecule has 0 radical (unpaired) electrons. The zero-order valence-electron chi connectivity index (χ0n) is 6.55. The molecule has 10 heavy (non-hydrogen) atoms. The molecule has 0 saturated carbocycles. The molecule has 0 spiro atoms. The molecule has 0 aromatic rings. The van der Waals surface area contributed by atoms with Gasteiger partial charge in [-0.3, -0.25) is 15.0 Å². The number of aldehydes is 1. The highest BCUT2D eigenvalue weighted by atomic mass is 16.1. The molecule has 1 heterocycles. The summed E-state index contributed by atoms with van der Waals surface area (Å²) in [6, 6.07) is 0. The predicted octanol–water partition coefficient (Wildman–Crippen LogP) is -0.173. The Morgan fingerprint density at radius 3 is 2.80 bits per heavy atom. The lowest BCUT2D eigenvalue weighted by molar-refractivity contribution is -0.120. The average Bonchev–Trinajstić information content (AvgIpc) is 1.96. The Balaban J connectivity index is 2.62. The third kappa shape index (κ3) is 1.20. The third-order valence-corrected chi connectivity index (χ3v) is 2.18. The first-order valence-corrected chi connectivity index (χ1v) is 3.61. The fourth-order valence-electron chi connectivity index (χ4n) is 1.16. The summed E-state index contributed by atoms with van der Waals surface area (Å²) in [7, 11) is 1.96. The Kier molecular flexibility index (Phi) is 2.06. The van der Waals surface area contributed by atoms with E-state index in [4.69, 9.17) is 0 Å². The van der Waals surface area contributed by atoms with Gasteiger partial charge in [0.05, 0.1) is 0 Å². The van der Waals surface area contributed by atoms with Crippen LogP contribution in [0.3, 0.4) is 0 Å². The number of nitrogens with one attached hydrogen (secondary N) is 1. The standard InChI is InChI=1S/C7H14N2O/c1-7(6-10)8-4-3-5-9(7)2/h6,8H,3-5H2,1-2H3. The van der Waals surface area contributed by atoms with Gasteiger partial charge in [-0.2, -0.15) is 0 Å².